The Labute approximate surface area is 103 Å². The Kier molecular flexibility index (Phi) is 5.15. The van der Waals surface area contributed by atoms with Gasteiger partial charge in [-0.3, -0.25) is 4.79 Å². The second-order valence-electron chi connectivity index (χ2n) is 4.98. The average Bonchev–Trinajstić information content (AvgIpc) is 2.23. The monoisotopic (exact) mass is 241 g/mol. The van der Waals surface area contributed by atoms with Gasteiger partial charge in [0.1, 0.15) is 5.60 Å². The molecule has 0 aromatic carbocycles. The number of nitrogens with zero attached hydrogens (tertiary/aromatic N) is 1. The third-order valence-corrected chi connectivity index (χ3v) is 3.27. The van der Waals surface area contributed by atoms with E-state index in [0.29, 0.717) is 32.7 Å². The Morgan fingerprint density at radius 3 is 2.76 bits per heavy atom. The topological polar surface area (TPSA) is 49.8 Å². The molecule has 1 N–H and O–H groups in total. The van der Waals surface area contributed by atoms with E-state index in [4.69, 9.17) is 4.74 Å². The second-order valence-corrected chi connectivity index (χ2v) is 4.98. The van der Waals surface area contributed by atoms with Crippen LogP contribution >= 0.6 is 0 Å². The molecule has 0 aromatic heterocycles. The summed E-state index contributed by atoms with van der Waals surface area (Å²) in [6.45, 7) is 9.56. The first kappa shape index (κ1) is 14.2. The van der Waals surface area contributed by atoms with Gasteiger partial charge < -0.3 is 14.7 Å². The molecule has 4 heteroatoms. The highest BCUT2D eigenvalue weighted by atomic mass is 16.5. The van der Waals surface area contributed by atoms with Gasteiger partial charge in [-0.05, 0) is 12.3 Å². The molecule has 0 spiro atoms. The van der Waals surface area contributed by atoms with Crippen LogP contribution in [-0.2, 0) is 9.53 Å². The first-order valence-electron chi connectivity index (χ1n) is 6.18. The van der Waals surface area contributed by atoms with Crippen LogP contribution in [0, 0.1) is 5.92 Å². The lowest BCUT2D eigenvalue weighted by Gasteiger charge is -2.49. The summed E-state index contributed by atoms with van der Waals surface area (Å²) in [6.07, 6.45) is 2.91. The smallest absolute Gasteiger partial charge is 0.222 e. The van der Waals surface area contributed by atoms with Crippen molar-refractivity contribution in [3.05, 3.63) is 12.7 Å². The number of aliphatic hydroxyl groups is 1. The van der Waals surface area contributed by atoms with Crippen molar-refractivity contribution in [1.82, 2.24) is 4.90 Å². The molecular weight excluding hydrogens is 218 g/mol. The molecule has 98 valence electrons. The molecule has 0 atom stereocenters. The lowest BCUT2D eigenvalue weighted by molar-refractivity contribution is -0.164. The van der Waals surface area contributed by atoms with Crippen LogP contribution in [0.1, 0.15) is 26.7 Å². The Balaban J connectivity index is 2.13. The first-order chi connectivity index (χ1) is 7.99. The Morgan fingerprint density at radius 2 is 2.24 bits per heavy atom. The molecule has 0 saturated carbocycles. The maximum atomic E-state index is 11.7. The number of hydrogen-bond acceptors (Lipinski definition) is 3. The maximum Gasteiger partial charge on any atom is 0.222 e. The fourth-order valence-electron chi connectivity index (χ4n) is 1.81. The van der Waals surface area contributed by atoms with Crippen LogP contribution < -0.4 is 0 Å². The van der Waals surface area contributed by atoms with Crippen molar-refractivity contribution in [2.75, 3.05) is 26.3 Å². The predicted molar refractivity (Wildman–Crippen MR) is 66.6 cm³/mol. The van der Waals surface area contributed by atoms with Crippen LogP contribution in [0.3, 0.4) is 0 Å². The standard InChI is InChI=1S/C13H23NO3/c1-4-7-17-8-5-6-12(15)14-9-13(16,10-14)11(2)3/h4,11,16H,1,5-10H2,2-3H3. The lowest BCUT2D eigenvalue weighted by atomic mass is 9.83. The van der Waals surface area contributed by atoms with E-state index in [2.05, 4.69) is 6.58 Å². The van der Waals surface area contributed by atoms with Crippen LogP contribution in [0.4, 0.5) is 0 Å². The number of ether oxygens (including phenoxy) is 1. The zero-order valence-corrected chi connectivity index (χ0v) is 10.8. The van der Waals surface area contributed by atoms with Gasteiger partial charge in [0.25, 0.3) is 0 Å². The minimum atomic E-state index is -0.672. The SMILES string of the molecule is C=CCOCCCC(=O)N1CC(O)(C(C)C)C1. The summed E-state index contributed by atoms with van der Waals surface area (Å²) in [4.78, 5) is 13.4. The Hall–Kier alpha value is -0.870. The van der Waals surface area contributed by atoms with Gasteiger partial charge in [-0.2, -0.15) is 0 Å². The molecule has 1 rings (SSSR count). The summed E-state index contributed by atoms with van der Waals surface area (Å²) in [7, 11) is 0. The largest absolute Gasteiger partial charge is 0.386 e. The average molecular weight is 241 g/mol. The minimum Gasteiger partial charge on any atom is -0.386 e. The molecule has 0 aromatic rings. The van der Waals surface area contributed by atoms with E-state index in [9.17, 15) is 9.90 Å². The van der Waals surface area contributed by atoms with Gasteiger partial charge in [0, 0.05) is 13.0 Å². The normalized spacial score (nSPS) is 18.0. The molecule has 1 aliphatic heterocycles. The van der Waals surface area contributed by atoms with Gasteiger partial charge in [0.15, 0.2) is 0 Å². The van der Waals surface area contributed by atoms with E-state index in [1.807, 2.05) is 13.8 Å². The highest BCUT2D eigenvalue weighted by Gasteiger charge is 2.45. The Bertz CT molecular complexity index is 270. The van der Waals surface area contributed by atoms with Crippen LogP contribution in [0.15, 0.2) is 12.7 Å². The van der Waals surface area contributed by atoms with Gasteiger partial charge in [0.05, 0.1) is 19.7 Å². The summed E-state index contributed by atoms with van der Waals surface area (Å²) < 4.78 is 5.21. The molecule has 1 amide bonds. The number of carbonyl (C=O) groups is 1. The molecule has 0 bridgehead atoms. The summed E-state index contributed by atoms with van der Waals surface area (Å²) in [5, 5.41) is 10.0. The fraction of sp³-hybridized carbons (Fsp3) is 0.769. The molecule has 1 fully saturated rings. The van der Waals surface area contributed by atoms with Gasteiger partial charge >= 0.3 is 0 Å². The number of likely N-dealkylation sites (tertiary alicyclic amines) is 1. The van der Waals surface area contributed by atoms with Crippen LogP contribution in [-0.4, -0.2) is 47.8 Å². The van der Waals surface area contributed by atoms with Crippen molar-refractivity contribution in [3.63, 3.8) is 0 Å². The predicted octanol–water partition coefficient (Wildman–Crippen LogP) is 1.20. The molecule has 0 radical (unpaired) electrons. The maximum absolute atomic E-state index is 11.7. The number of rotatable bonds is 7. The number of carbonyl (C=O) groups excluding carboxylic acids is 1. The number of hydrogen-bond donors (Lipinski definition) is 1. The molecular formula is C13H23NO3. The van der Waals surface area contributed by atoms with Gasteiger partial charge in [0.2, 0.25) is 5.91 Å². The minimum absolute atomic E-state index is 0.109. The van der Waals surface area contributed by atoms with Crippen molar-refractivity contribution in [1.29, 1.82) is 0 Å². The molecule has 1 saturated heterocycles. The third-order valence-electron chi connectivity index (χ3n) is 3.27. The van der Waals surface area contributed by atoms with Crippen LogP contribution in [0.2, 0.25) is 0 Å². The highest BCUT2D eigenvalue weighted by Crippen LogP contribution is 2.28. The van der Waals surface area contributed by atoms with E-state index in [1.165, 1.54) is 0 Å². The zero-order chi connectivity index (χ0) is 12.9. The molecule has 1 heterocycles. The molecule has 4 nitrogen and oxygen atoms in total. The molecule has 17 heavy (non-hydrogen) atoms. The summed E-state index contributed by atoms with van der Waals surface area (Å²) in [5.41, 5.74) is -0.672. The van der Waals surface area contributed by atoms with E-state index in [-0.39, 0.29) is 11.8 Å². The molecule has 0 unspecified atom stereocenters. The second kappa shape index (κ2) is 6.17. The van der Waals surface area contributed by atoms with Crippen molar-refractivity contribution in [3.8, 4) is 0 Å². The van der Waals surface area contributed by atoms with Crippen molar-refractivity contribution < 1.29 is 14.6 Å². The van der Waals surface area contributed by atoms with Crippen LogP contribution in [0.25, 0.3) is 0 Å². The molecule has 0 aliphatic carbocycles. The summed E-state index contributed by atoms with van der Waals surface area (Å²) in [6, 6.07) is 0. The first-order valence-corrected chi connectivity index (χ1v) is 6.18. The van der Waals surface area contributed by atoms with Crippen molar-refractivity contribution in [2.24, 2.45) is 5.92 Å². The lowest BCUT2D eigenvalue weighted by Crippen LogP contribution is -2.65. The zero-order valence-electron chi connectivity index (χ0n) is 10.8. The van der Waals surface area contributed by atoms with E-state index < -0.39 is 5.60 Å². The van der Waals surface area contributed by atoms with E-state index in [1.54, 1.807) is 11.0 Å². The number of amides is 1. The van der Waals surface area contributed by atoms with Gasteiger partial charge in [-0.25, -0.2) is 0 Å². The van der Waals surface area contributed by atoms with E-state index in [0.717, 1.165) is 6.42 Å². The number of β-amino-alcohol motifs (C(OH)–C–C–N with tert-alkyl or cyclic N) is 1. The molecule has 1 aliphatic rings. The van der Waals surface area contributed by atoms with Crippen LogP contribution in [0.5, 0.6) is 0 Å². The van der Waals surface area contributed by atoms with Crippen molar-refractivity contribution >= 4 is 5.91 Å². The third kappa shape index (κ3) is 3.82. The summed E-state index contributed by atoms with van der Waals surface area (Å²) >= 11 is 0. The van der Waals surface area contributed by atoms with Gasteiger partial charge in [-0.1, -0.05) is 19.9 Å². The summed E-state index contributed by atoms with van der Waals surface area (Å²) in [5.74, 6) is 0.306. The highest BCUT2D eigenvalue weighted by molar-refractivity contribution is 5.77. The Morgan fingerprint density at radius 1 is 1.59 bits per heavy atom. The van der Waals surface area contributed by atoms with Gasteiger partial charge in [-0.15, -0.1) is 6.58 Å². The van der Waals surface area contributed by atoms with Crippen molar-refractivity contribution in [2.45, 2.75) is 32.3 Å². The quantitative estimate of drug-likeness (QED) is 0.538. The fourth-order valence-corrected chi connectivity index (χ4v) is 1.81. The van der Waals surface area contributed by atoms with E-state index >= 15 is 0 Å².